The van der Waals surface area contributed by atoms with E-state index in [0.717, 1.165) is 0 Å². The maximum absolute atomic E-state index is 15.8. The van der Waals surface area contributed by atoms with Crippen LogP contribution in [0.4, 0.5) is 4.39 Å². The Balaban J connectivity index is 1.79. The van der Waals surface area contributed by atoms with Crippen LogP contribution in [-0.2, 0) is 17.0 Å². The molecule has 2 N–H and O–H groups in total. The van der Waals surface area contributed by atoms with Gasteiger partial charge in [0.2, 0.25) is 5.67 Å². The van der Waals surface area contributed by atoms with E-state index in [1.54, 1.807) is 36.5 Å². The highest BCUT2D eigenvalue weighted by molar-refractivity contribution is 7.99. The number of nitrogens with one attached hydrogen (secondary N) is 1. The molecule has 1 heterocycles. The molecule has 2 aromatic rings. The second-order valence-corrected chi connectivity index (χ2v) is 8.43. The molecule has 1 aliphatic rings. The van der Waals surface area contributed by atoms with Crippen molar-refractivity contribution in [1.82, 2.24) is 10.3 Å². The van der Waals surface area contributed by atoms with E-state index >= 15 is 4.39 Å². The van der Waals surface area contributed by atoms with E-state index < -0.39 is 11.6 Å². The van der Waals surface area contributed by atoms with Gasteiger partial charge in [0.05, 0.1) is 12.3 Å². The lowest BCUT2D eigenvalue weighted by molar-refractivity contribution is -0.134. The highest BCUT2D eigenvalue weighted by atomic mass is 35.5. The fourth-order valence-corrected chi connectivity index (χ4v) is 4.68. The Morgan fingerprint density at radius 3 is 2.96 bits per heavy atom. The van der Waals surface area contributed by atoms with Gasteiger partial charge in [0.15, 0.2) is 0 Å². The number of alkyl halides is 1. The smallest absolute Gasteiger partial charge is 0.262 e. The number of benzene rings is 1. The first-order valence-electron chi connectivity index (χ1n) is 8.54. The van der Waals surface area contributed by atoms with Gasteiger partial charge in [0.25, 0.3) is 5.91 Å². The first-order chi connectivity index (χ1) is 13.0. The lowest BCUT2D eigenvalue weighted by Gasteiger charge is -2.34. The number of hydrogen-bond acceptors (Lipinski definition) is 4. The van der Waals surface area contributed by atoms with E-state index in [1.807, 2.05) is 0 Å². The van der Waals surface area contributed by atoms with Crippen molar-refractivity contribution >= 4 is 40.9 Å². The van der Waals surface area contributed by atoms with Gasteiger partial charge < -0.3 is 10.4 Å². The quantitative estimate of drug-likeness (QED) is 0.713. The van der Waals surface area contributed by atoms with Gasteiger partial charge in [-0.25, -0.2) is 4.39 Å². The first-order valence-corrected chi connectivity index (χ1v) is 10.3. The van der Waals surface area contributed by atoms with Crippen molar-refractivity contribution in [2.75, 3.05) is 12.4 Å². The highest BCUT2D eigenvalue weighted by Gasteiger charge is 2.47. The number of fused-ring (bicyclic) bond motifs is 1. The molecule has 1 unspecified atom stereocenters. The van der Waals surface area contributed by atoms with Crippen molar-refractivity contribution in [3.8, 4) is 0 Å². The molecule has 0 radical (unpaired) electrons. The fraction of sp³-hybridized carbons (Fsp3) is 0.368. The molecule has 0 aliphatic heterocycles. The third-order valence-electron chi connectivity index (χ3n) is 4.55. The molecule has 0 saturated heterocycles. The average Bonchev–Trinajstić information content (AvgIpc) is 2.67. The molecule has 3 rings (SSSR count). The summed E-state index contributed by atoms with van der Waals surface area (Å²) >= 11 is 13.5. The lowest BCUT2D eigenvalue weighted by atomic mass is 9.82. The van der Waals surface area contributed by atoms with Crippen molar-refractivity contribution in [2.24, 2.45) is 0 Å². The zero-order chi connectivity index (χ0) is 19.4. The number of amides is 1. The van der Waals surface area contributed by atoms with Gasteiger partial charge in [-0.05, 0) is 36.6 Å². The van der Waals surface area contributed by atoms with Crippen LogP contribution in [0.3, 0.4) is 0 Å². The molecule has 0 bridgehead atoms. The van der Waals surface area contributed by atoms with E-state index in [2.05, 4.69) is 10.3 Å². The van der Waals surface area contributed by atoms with Crippen molar-refractivity contribution in [3.05, 3.63) is 63.4 Å². The second kappa shape index (κ2) is 8.78. The van der Waals surface area contributed by atoms with Crippen LogP contribution in [-0.4, -0.2) is 28.4 Å². The molecular formula is C19H19Cl2FN2O2S. The Bertz CT molecular complexity index is 839. The molecule has 27 heavy (non-hydrogen) atoms. The maximum Gasteiger partial charge on any atom is 0.262 e. The van der Waals surface area contributed by atoms with Gasteiger partial charge >= 0.3 is 0 Å². The van der Waals surface area contributed by atoms with Gasteiger partial charge in [0, 0.05) is 39.4 Å². The number of hydrogen-bond donors (Lipinski definition) is 2. The number of aliphatic hydroxyl groups is 1. The molecular weight excluding hydrogens is 410 g/mol. The molecule has 4 nitrogen and oxygen atoms in total. The number of carbonyl (C=O) groups excluding carboxylic acids is 1. The van der Waals surface area contributed by atoms with E-state index in [4.69, 9.17) is 28.3 Å². The average molecular weight is 429 g/mol. The summed E-state index contributed by atoms with van der Waals surface area (Å²) < 4.78 is 15.8. The maximum atomic E-state index is 15.8. The topological polar surface area (TPSA) is 62.2 Å². The standard InChI is InChI=1S/C19H19Cl2FN2O2S/c20-13-4-3-12(15(21)10-13)11-24-18(26)19(22)6-5-16(27-9-8-25)17-14(19)2-1-7-23-17/h1-4,7,10,16,25H,5-6,8-9,11H2,(H,24,26)/t16?,19-/m0/s1. The van der Waals surface area contributed by atoms with Crippen LogP contribution in [0.25, 0.3) is 0 Å². The summed E-state index contributed by atoms with van der Waals surface area (Å²) in [6.45, 7) is 0.158. The normalized spacial score (nSPS) is 21.6. The summed E-state index contributed by atoms with van der Waals surface area (Å²) in [5.41, 5.74) is -0.605. The summed E-state index contributed by atoms with van der Waals surface area (Å²) in [5.74, 6) is -0.158. The minimum atomic E-state index is -2.14. The molecule has 1 amide bonds. The number of nitrogens with zero attached hydrogens (tertiary/aromatic N) is 1. The highest BCUT2D eigenvalue weighted by Crippen LogP contribution is 2.47. The van der Waals surface area contributed by atoms with Gasteiger partial charge in [-0.2, -0.15) is 0 Å². The molecule has 0 spiro atoms. The van der Waals surface area contributed by atoms with Crippen LogP contribution in [0.5, 0.6) is 0 Å². The predicted molar refractivity (Wildman–Crippen MR) is 107 cm³/mol. The fourth-order valence-electron chi connectivity index (χ4n) is 3.18. The summed E-state index contributed by atoms with van der Waals surface area (Å²) in [6.07, 6.45) is 2.14. The largest absolute Gasteiger partial charge is 0.396 e. The van der Waals surface area contributed by atoms with E-state index in [9.17, 15) is 4.79 Å². The third kappa shape index (κ3) is 4.40. The van der Waals surface area contributed by atoms with Crippen molar-refractivity contribution < 1.29 is 14.3 Å². The molecule has 8 heteroatoms. The number of rotatable bonds is 6. The van der Waals surface area contributed by atoms with E-state index in [0.29, 0.717) is 39.0 Å². The van der Waals surface area contributed by atoms with Crippen LogP contribution >= 0.6 is 35.0 Å². The molecule has 1 aliphatic carbocycles. The summed E-state index contributed by atoms with van der Waals surface area (Å²) in [6, 6.07) is 8.20. The van der Waals surface area contributed by atoms with Crippen molar-refractivity contribution in [1.29, 1.82) is 0 Å². The van der Waals surface area contributed by atoms with Crippen molar-refractivity contribution in [3.63, 3.8) is 0 Å². The Kier molecular flexibility index (Phi) is 6.63. The number of halogens is 3. The van der Waals surface area contributed by atoms with Crippen LogP contribution < -0.4 is 5.32 Å². The summed E-state index contributed by atoms with van der Waals surface area (Å²) in [4.78, 5) is 17.0. The number of aliphatic hydroxyl groups excluding tert-OH is 1. The minimum Gasteiger partial charge on any atom is -0.396 e. The van der Waals surface area contributed by atoms with Crippen LogP contribution in [0, 0.1) is 0 Å². The van der Waals surface area contributed by atoms with Gasteiger partial charge in [-0.3, -0.25) is 9.78 Å². The minimum absolute atomic E-state index is 0.0317. The molecule has 1 aromatic heterocycles. The molecule has 144 valence electrons. The number of aromatic nitrogens is 1. The summed E-state index contributed by atoms with van der Waals surface area (Å²) in [5, 5.41) is 12.6. The second-order valence-electron chi connectivity index (χ2n) is 6.28. The third-order valence-corrected chi connectivity index (χ3v) is 6.41. The van der Waals surface area contributed by atoms with Crippen LogP contribution in [0.15, 0.2) is 36.5 Å². The molecule has 0 saturated carbocycles. The van der Waals surface area contributed by atoms with Crippen molar-refractivity contribution in [2.45, 2.75) is 30.3 Å². The SMILES string of the molecule is O=C(NCc1ccc(Cl)cc1Cl)[C@]1(F)CCC(SCCO)c2ncccc21. The predicted octanol–water partition coefficient (Wildman–Crippen LogP) is 4.43. The lowest BCUT2D eigenvalue weighted by Crippen LogP contribution is -2.43. The van der Waals surface area contributed by atoms with Gasteiger partial charge in [0.1, 0.15) is 0 Å². The Hall–Kier alpha value is -1.34. The van der Waals surface area contributed by atoms with E-state index in [-0.39, 0.29) is 24.8 Å². The van der Waals surface area contributed by atoms with Crippen LogP contribution in [0.2, 0.25) is 10.0 Å². The Morgan fingerprint density at radius 2 is 2.22 bits per heavy atom. The molecule has 2 atom stereocenters. The molecule has 1 aromatic carbocycles. The zero-order valence-electron chi connectivity index (χ0n) is 14.4. The number of carbonyl (C=O) groups is 1. The number of thioether (sulfide) groups is 1. The van der Waals surface area contributed by atoms with Crippen LogP contribution in [0.1, 0.15) is 34.9 Å². The Labute approximate surface area is 171 Å². The van der Waals surface area contributed by atoms with Gasteiger partial charge in [-0.1, -0.05) is 35.3 Å². The number of pyridine rings is 1. The van der Waals surface area contributed by atoms with Gasteiger partial charge in [-0.15, -0.1) is 11.8 Å². The first kappa shape index (κ1) is 20.4. The molecule has 0 fully saturated rings. The zero-order valence-corrected chi connectivity index (χ0v) is 16.8. The van der Waals surface area contributed by atoms with E-state index in [1.165, 1.54) is 11.8 Å². The Morgan fingerprint density at radius 1 is 1.41 bits per heavy atom. The summed E-state index contributed by atoms with van der Waals surface area (Å²) in [7, 11) is 0. The monoisotopic (exact) mass is 428 g/mol.